The molecule has 1 fully saturated rings. The maximum atomic E-state index is 12.1. The zero-order chi connectivity index (χ0) is 12.4. The summed E-state index contributed by atoms with van der Waals surface area (Å²) in [4.78, 5) is 13.9. The molecule has 0 unspecified atom stereocenters. The number of amides is 1. The highest BCUT2D eigenvalue weighted by Gasteiger charge is 2.26. The Morgan fingerprint density at radius 1 is 1.06 bits per heavy atom. The lowest BCUT2D eigenvalue weighted by atomic mass is 9.98. The quantitative estimate of drug-likeness (QED) is 0.758. The van der Waals surface area contributed by atoms with Gasteiger partial charge in [0.15, 0.2) is 0 Å². The molecule has 0 spiro atoms. The van der Waals surface area contributed by atoms with E-state index in [9.17, 15) is 4.79 Å². The monoisotopic (exact) mass is 245 g/mol. The van der Waals surface area contributed by atoms with Crippen molar-refractivity contribution in [2.45, 2.75) is 51.3 Å². The lowest BCUT2D eigenvalue weighted by Gasteiger charge is -2.24. The fraction of sp³-hybridized carbons (Fsp3) is 0.533. The van der Waals surface area contributed by atoms with E-state index >= 15 is 0 Å². The maximum Gasteiger partial charge on any atom is 0.410 e. The number of ether oxygens (including phenoxy) is 1. The first-order chi connectivity index (χ1) is 8.83. The van der Waals surface area contributed by atoms with Crippen LogP contribution >= 0.6 is 0 Å². The van der Waals surface area contributed by atoms with Gasteiger partial charge in [-0.3, -0.25) is 4.90 Å². The van der Waals surface area contributed by atoms with Gasteiger partial charge in [-0.15, -0.1) is 0 Å². The Hall–Kier alpha value is -1.51. The third kappa shape index (κ3) is 2.35. The van der Waals surface area contributed by atoms with Crippen LogP contribution in [0.25, 0.3) is 0 Å². The van der Waals surface area contributed by atoms with Crippen molar-refractivity contribution in [3.05, 3.63) is 35.4 Å². The number of nitrogens with zero attached hydrogens (tertiary/aromatic N) is 1. The minimum atomic E-state index is -0.141. The van der Waals surface area contributed by atoms with Gasteiger partial charge in [0, 0.05) is 13.1 Å². The molecule has 1 aromatic rings. The molecule has 3 nitrogen and oxygen atoms in total. The number of hydrogen-bond donors (Lipinski definition) is 0. The van der Waals surface area contributed by atoms with E-state index in [1.54, 1.807) is 4.90 Å². The Bertz CT molecular complexity index is 413. The van der Waals surface area contributed by atoms with Gasteiger partial charge >= 0.3 is 6.09 Å². The highest BCUT2D eigenvalue weighted by atomic mass is 16.6. The van der Waals surface area contributed by atoms with Crippen LogP contribution in [0.2, 0.25) is 0 Å². The molecule has 0 aromatic heterocycles. The predicted molar refractivity (Wildman–Crippen MR) is 69.0 cm³/mol. The molecule has 0 N–H and O–H groups in total. The van der Waals surface area contributed by atoms with Crippen molar-refractivity contribution in [1.82, 2.24) is 4.90 Å². The summed E-state index contributed by atoms with van der Waals surface area (Å²) in [5.74, 6) is 0. The molecule has 3 heteroatoms. The molecule has 3 rings (SSSR count). The Labute approximate surface area is 108 Å². The lowest BCUT2D eigenvalue weighted by Crippen LogP contribution is -2.31. The zero-order valence-electron chi connectivity index (χ0n) is 10.6. The molecule has 1 heterocycles. The van der Waals surface area contributed by atoms with Crippen LogP contribution in [0.15, 0.2) is 24.3 Å². The SMILES string of the molecule is O=C(OC1CCCCC1)N1Cc2ccccc2C1. The molecule has 0 saturated heterocycles. The van der Waals surface area contributed by atoms with Crippen molar-refractivity contribution in [2.24, 2.45) is 0 Å². The van der Waals surface area contributed by atoms with Crippen molar-refractivity contribution in [3.63, 3.8) is 0 Å². The first kappa shape index (κ1) is 11.6. The van der Waals surface area contributed by atoms with E-state index in [1.165, 1.54) is 30.4 Å². The fourth-order valence-electron chi connectivity index (χ4n) is 2.86. The molecular weight excluding hydrogens is 226 g/mol. The molecular formula is C15H19NO2. The molecule has 1 aliphatic carbocycles. The summed E-state index contributed by atoms with van der Waals surface area (Å²) in [6.07, 6.45) is 5.74. The van der Waals surface area contributed by atoms with Crippen molar-refractivity contribution in [2.75, 3.05) is 0 Å². The van der Waals surface area contributed by atoms with E-state index in [0.29, 0.717) is 13.1 Å². The maximum absolute atomic E-state index is 12.1. The smallest absolute Gasteiger partial charge is 0.410 e. The van der Waals surface area contributed by atoms with Gasteiger partial charge < -0.3 is 4.74 Å². The lowest BCUT2D eigenvalue weighted by molar-refractivity contribution is 0.0450. The Kier molecular flexibility index (Phi) is 3.22. The third-order valence-electron chi connectivity index (χ3n) is 3.92. The van der Waals surface area contributed by atoms with Crippen LogP contribution < -0.4 is 0 Å². The number of carbonyl (C=O) groups excluding carboxylic acids is 1. The first-order valence-corrected chi connectivity index (χ1v) is 6.85. The van der Waals surface area contributed by atoms with Crippen LogP contribution in [0.3, 0.4) is 0 Å². The van der Waals surface area contributed by atoms with E-state index in [0.717, 1.165) is 12.8 Å². The van der Waals surface area contributed by atoms with Crippen LogP contribution in [0.1, 0.15) is 43.2 Å². The summed E-state index contributed by atoms with van der Waals surface area (Å²) in [6, 6.07) is 8.22. The second-order valence-electron chi connectivity index (χ2n) is 5.27. The summed E-state index contributed by atoms with van der Waals surface area (Å²) in [5, 5.41) is 0. The minimum Gasteiger partial charge on any atom is -0.446 e. The van der Waals surface area contributed by atoms with Crippen LogP contribution in [0.5, 0.6) is 0 Å². The minimum absolute atomic E-state index is 0.141. The van der Waals surface area contributed by atoms with Crippen molar-refractivity contribution in [3.8, 4) is 0 Å². The van der Waals surface area contributed by atoms with E-state index < -0.39 is 0 Å². The number of carbonyl (C=O) groups is 1. The van der Waals surface area contributed by atoms with Gasteiger partial charge in [-0.2, -0.15) is 0 Å². The van der Waals surface area contributed by atoms with Crippen molar-refractivity contribution < 1.29 is 9.53 Å². The Morgan fingerprint density at radius 3 is 2.28 bits per heavy atom. The van der Waals surface area contributed by atoms with E-state index in [1.807, 2.05) is 12.1 Å². The molecule has 1 amide bonds. The summed E-state index contributed by atoms with van der Waals surface area (Å²) in [7, 11) is 0. The predicted octanol–water partition coefficient (Wildman–Crippen LogP) is 3.47. The van der Waals surface area contributed by atoms with E-state index in [-0.39, 0.29) is 12.2 Å². The van der Waals surface area contributed by atoms with Gasteiger partial charge in [-0.25, -0.2) is 4.79 Å². The average Bonchev–Trinajstić information content (AvgIpc) is 2.84. The van der Waals surface area contributed by atoms with Crippen LogP contribution in [0, 0.1) is 0 Å². The van der Waals surface area contributed by atoms with Gasteiger partial charge in [0.05, 0.1) is 0 Å². The molecule has 96 valence electrons. The topological polar surface area (TPSA) is 29.5 Å². The second-order valence-corrected chi connectivity index (χ2v) is 5.27. The van der Waals surface area contributed by atoms with Gasteiger partial charge in [-0.05, 0) is 36.8 Å². The van der Waals surface area contributed by atoms with Crippen LogP contribution in [0.4, 0.5) is 4.79 Å². The molecule has 18 heavy (non-hydrogen) atoms. The normalized spacial score (nSPS) is 19.7. The molecule has 0 bridgehead atoms. The van der Waals surface area contributed by atoms with Gasteiger partial charge in [0.2, 0.25) is 0 Å². The largest absolute Gasteiger partial charge is 0.446 e. The first-order valence-electron chi connectivity index (χ1n) is 6.85. The highest BCUT2D eigenvalue weighted by molar-refractivity contribution is 5.69. The van der Waals surface area contributed by atoms with Crippen LogP contribution in [-0.2, 0) is 17.8 Å². The fourth-order valence-corrected chi connectivity index (χ4v) is 2.86. The average molecular weight is 245 g/mol. The number of hydrogen-bond acceptors (Lipinski definition) is 2. The summed E-state index contributed by atoms with van der Waals surface area (Å²) < 4.78 is 5.59. The summed E-state index contributed by atoms with van der Waals surface area (Å²) in [6.45, 7) is 1.39. The molecule has 1 saturated carbocycles. The zero-order valence-corrected chi connectivity index (χ0v) is 10.6. The summed E-state index contributed by atoms with van der Waals surface area (Å²) >= 11 is 0. The van der Waals surface area contributed by atoms with E-state index in [4.69, 9.17) is 4.74 Å². The number of rotatable bonds is 1. The summed E-state index contributed by atoms with van der Waals surface area (Å²) in [5.41, 5.74) is 2.50. The van der Waals surface area contributed by atoms with Crippen molar-refractivity contribution in [1.29, 1.82) is 0 Å². The molecule has 1 aliphatic heterocycles. The van der Waals surface area contributed by atoms with Crippen molar-refractivity contribution >= 4 is 6.09 Å². The third-order valence-corrected chi connectivity index (χ3v) is 3.92. The second kappa shape index (κ2) is 5.01. The van der Waals surface area contributed by atoms with E-state index in [2.05, 4.69) is 12.1 Å². The van der Waals surface area contributed by atoms with Crippen LogP contribution in [-0.4, -0.2) is 17.1 Å². The number of benzene rings is 1. The molecule has 2 aliphatic rings. The Balaban J connectivity index is 1.58. The number of fused-ring (bicyclic) bond motifs is 1. The molecule has 0 atom stereocenters. The highest BCUT2D eigenvalue weighted by Crippen LogP contribution is 2.25. The Morgan fingerprint density at radius 2 is 1.67 bits per heavy atom. The molecule has 0 radical (unpaired) electrons. The van der Waals surface area contributed by atoms with Gasteiger partial charge in [0.1, 0.15) is 6.10 Å². The standard InChI is InChI=1S/C15H19NO2/c17-15(18-14-8-2-1-3-9-14)16-10-12-6-4-5-7-13(12)11-16/h4-7,14H,1-3,8-11H2. The van der Waals surface area contributed by atoms with Gasteiger partial charge in [-0.1, -0.05) is 30.7 Å². The molecule has 1 aromatic carbocycles. The van der Waals surface area contributed by atoms with Gasteiger partial charge in [0.25, 0.3) is 0 Å².